The van der Waals surface area contributed by atoms with Gasteiger partial charge in [0, 0.05) is 25.1 Å². The lowest BCUT2D eigenvalue weighted by Crippen LogP contribution is -2.49. The van der Waals surface area contributed by atoms with E-state index in [1.54, 1.807) is 6.92 Å². The molecule has 26 heavy (non-hydrogen) atoms. The molecule has 1 aliphatic carbocycles. The number of likely N-dealkylation sites (tertiary alicyclic amines) is 1. The summed E-state index contributed by atoms with van der Waals surface area (Å²) < 4.78 is 5.20. The van der Waals surface area contributed by atoms with Crippen LogP contribution in [0.25, 0.3) is 0 Å². The van der Waals surface area contributed by atoms with Crippen molar-refractivity contribution in [2.45, 2.75) is 46.2 Å². The van der Waals surface area contributed by atoms with E-state index in [0.29, 0.717) is 6.42 Å². The zero-order valence-electron chi connectivity index (χ0n) is 16.0. The Bertz CT molecular complexity index is 574. The summed E-state index contributed by atoms with van der Waals surface area (Å²) in [5.74, 6) is -2.51. The molecule has 2 rings (SSSR count). The number of carbonyl (C=O) groups is 3. The van der Waals surface area contributed by atoms with E-state index in [0.717, 1.165) is 0 Å². The molecule has 0 aromatic carbocycles. The Morgan fingerprint density at radius 2 is 2.04 bits per heavy atom. The Morgan fingerprint density at radius 1 is 1.35 bits per heavy atom. The predicted octanol–water partition coefficient (Wildman–Crippen LogP) is 0.722. The molecule has 146 valence electrons. The van der Waals surface area contributed by atoms with Gasteiger partial charge in [0.15, 0.2) is 0 Å². The molecule has 2 amide bonds. The highest BCUT2D eigenvalue weighted by atomic mass is 16.5. The van der Waals surface area contributed by atoms with Gasteiger partial charge in [-0.3, -0.25) is 14.4 Å². The van der Waals surface area contributed by atoms with Crippen LogP contribution >= 0.6 is 0 Å². The maximum Gasteiger partial charge on any atom is 0.310 e. The molecule has 0 spiro atoms. The number of ether oxygens (including phenoxy) is 1. The van der Waals surface area contributed by atoms with Crippen LogP contribution in [0.5, 0.6) is 0 Å². The second kappa shape index (κ2) is 8.66. The average Bonchev–Trinajstić information content (AvgIpc) is 2.85. The molecule has 0 unspecified atom stereocenters. The van der Waals surface area contributed by atoms with Crippen LogP contribution < -0.4 is 5.32 Å². The molecular weight excluding hydrogens is 336 g/mol. The minimum atomic E-state index is -0.665. The van der Waals surface area contributed by atoms with E-state index in [4.69, 9.17) is 9.84 Å². The molecule has 1 heterocycles. The fourth-order valence-corrected chi connectivity index (χ4v) is 4.04. The number of fused-ring (bicyclic) bond motifs is 1. The summed E-state index contributed by atoms with van der Waals surface area (Å²) >= 11 is 0. The molecule has 0 bridgehead atoms. The van der Waals surface area contributed by atoms with Gasteiger partial charge in [0.25, 0.3) is 0 Å². The topological polar surface area (TPSA) is 95.9 Å². The predicted molar refractivity (Wildman–Crippen MR) is 95.9 cm³/mol. The fraction of sp³-hybridized carbons (Fsp3) is 0.737. The average molecular weight is 366 g/mol. The quantitative estimate of drug-likeness (QED) is 0.511. The van der Waals surface area contributed by atoms with Crippen LogP contribution in [0.2, 0.25) is 0 Å². The number of nitrogens with one attached hydrogen (secondary N) is 1. The Balaban J connectivity index is 2.38. The number of rotatable bonds is 7. The number of nitrogens with zero attached hydrogens (tertiary/aromatic N) is 1. The molecule has 0 aromatic heterocycles. The van der Waals surface area contributed by atoms with Gasteiger partial charge in [0.2, 0.25) is 11.8 Å². The summed E-state index contributed by atoms with van der Waals surface area (Å²) in [6, 6.07) is -0.717. The normalized spacial score (nSPS) is 30.5. The third-order valence-electron chi connectivity index (χ3n) is 5.09. The standard InChI is InChI=1S/C19H30N2O5/c1-5-26-19(25)14-12(4)7-8-13-15(14)18(24)21(9-6-10-22)16(13)17(23)20-11(2)3/h7-8,11-16,22H,5-6,9-10H2,1-4H3,(H,20,23)/t12-,13+,14-,15+,16+/m1/s1. The molecule has 0 saturated carbocycles. The number of aliphatic hydroxyl groups excluding tert-OH is 1. The number of hydrogen-bond acceptors (Lipinski definition) is 5. The zero-order chi connectivity index (χ0) is 19.4. The number of amides is 2. The van der Waals surface area contributed by atoms with E-state index in [9.17, 15) is 14.4 Å². The van der Waals surface area contributed by atoms with Gasteiger partial charge in [-0.25, -0.2) is 0 Å². The molecule has 1 fully saturated rings. The summed E-state index contributed by atoms with van der Waals surface area (Å²) in [7, 11) is 0. The highest BCUT2D eigenvalue weighted by Crippen LogP contribution is 2.44. The molecule has 1 saturated heterocycles. The molecule has 1 aliphatic heterocycles. The van der Waals surface area contributed by atoms with Gasteiger partial charge in [0.1, 0.15) is 6.04 Å². The van der Waals surface area contributed by atoms with Crippen LogP contribution in [0.1, 0.15) is 34.1 Å². The summed E-state index contributed by atoms with van der Waals surface area (Å²) in [6.45, 7) is 7.84. The maximum absolute atomic E-state index is 13.1. The number of allylic oxidation sites excluding steroid dienone is 1. The van der Waals surface area contributed by atoms with Crippen molar-refractivity contribution >= 4 is 17.8 Å². The molecule has 2 aliphatic rings. The molecule has 0 aromatic rings. The van der Waals surface area contributed by atoms with Crippen molar-refractivity contribution in [2.75, 3.05) is 19.8 Å². The van der Waals surface area contributed by atoms with Crippen molar-refractivity contribution in [1.29, 1.82) is 0 Å². The van der Waals surface area contributed by atoms with E-state index in [1.165, 1.54) is 4.90 Å². The first-order valence-electron chi connectivity index (χ1n) is 9.40. The van der Waals surface area contributed by atoms with Gasteiger partial charge in [-0.1, -0.05) is 19.1 Å². The van der Waals surface area contributed by atoms with Gasteiger partial charge in [-0.05, 0) is 33.1 Å². The van der Waals surface area contributed by atoms with Crippen LogP contribution in [0, 0.1) is 23.7 Å². The number of hydrogen-bond donors (Lipinski definition) is 2. The van der Waals surface area contributed by atoms with Gasteiger partial charge in [-0.15, -0.1) is 0 Å². The van der Waals surface area contributed by atoms with Crippen LogP contribution in [0.3, 0.4) is 0 Å². The van der Waals surface area contributed by atoms with E-state index >= 15 is 0 Å². The van der Waals surface area contributed by atoms with Crippen molar-refractivity contribution in [1.82, 2.24) is 10.2 Å². The minimum absolute atomic E-state index is 0.0521. The molecule has 7 heteroatoms. The first-order valence-corrected chi connectivity index (χ1v) is 9.40. The lowest BCUT2D eigenvalue weighted by Gasteiger charge is -2.32. The maximum atomic E-state index is 13.1. The molecule has 7 nitrogen and oxygen atoms in total. The number of esters is 1. The van der Waals surface area contributed by atoms with Crippen molar-refractivity contribution < 1.29 is 24.2 Å². The highest BCUT2D eigenvalue weighted by Gasteiger charge is 2.56. The van der Waals surface area contributed by atoms with E-state index in [-0.39, 0.29) is 55.4 Å². The van der Waals surface area contributed by atoms with Crippen LogP contribution in [0.15, 0.2) is 12.2 Å². The van der Waals surface area contributed by atoms with Crippen molar-refractivity contribution in [3.8, 4) is 0 Å². The van der Waals surface area contributed by atoms with E-state index in [1.807, 2.05) is 32.9 Å². The first kappa shape index (κ1) is 20.4. The van der Waals surface area contributed by atoms with E-state index in [2.05, 4.69) is 5.32 Å². The summed E-state index contributed by atoms with van der Waals surface area (Å²) in [5.41, 5.74) is 0. The molecule has 0 radical (unpaired) electrons. The monoisotopic (exact) mass is 366 g/mol. The van der Waals surface area contributed by atoms with Gasteiger partial charge < -0.3 is 20.1 Å². The van der Waals surface area contributed by atoms with Gasteiger partial charge >= 0.3 is 5.97 Å². The van der Waals surface area contributed by atoms with Gasteiger partial charge in [0.05, 0.1) is 18.4 Å². The Morgan fingerprint density at radius 3 is 2.62 bits per heavy atom. The SMILES string of the molecule is CCOC(=O)[C@H]1[C@H]2C(=O)N(CCCO)[C@H](C(=O)NC(C)C)[C@H]2C=C[C@H]1C. The number of carbonyl (C=O) groups excluding carboxylic acids is 3. The van der Waals surface area contributed by atoms with Crippen molar-refractivity contribution in [2.24, 2.45) is 23.7 Å². The molecular formula is C19H30N2O5. The first-order chi connectivity index (χ1) is 12.3. The van der Waals surface area contributed by atoms with Crippen LogP contribution in [-0.4, -0.2) is 59.6 Å². The fourth-order valence-electron chi connectivity index (χ4n) is 4.04. The minimum Gasteiger partial charge on any atom is -0.466 e. The lowest BCUT2D eigenvalue weighted by molar-refractivity contribution is -0.155. The van der Waals surface area contributed by atoms with Crippen molar-refractivity contribution in [3.63, 3.8) is 0 Å². The van der Waals surface area contributed by atoms with Gasteiger partial charge in [-0.2, -0.15) is 0 Å². The van der Waals surface area contributed by atoms with Crippen LogP contribution in [-0.2, 0) is 19.1 Å². The third-order valence-corrected chi connectivity index (χ3v) is 5.09. The lowest BCUT2D eigenvalue weighted by atomic mass is 9.70. The summed E-state index contributed by atoms with van der Waals surface area (Å²) in [6.07, 6.45) is 4.19. The highest BCUT2D eigenvalue weighted by molar-refractivity contribution is 5.96. The third kappa shape index (κ3) is 3.92. The Labute approximate surface area is 154 Å². The largest absolute Gasteiger partial charge is 0.466 e. The Hall–Kier alpha value is -1.89. The smallest absolute Gasteiger partial charge is 0.310 e. The molecule has 5 atom stereocenters. The second-order valence-corrected chi connectivity index (χ2v) is 7.34. The zero-order valence-corrected chi connectivity index (χ0v) is 16.0. The van der Waals surface area contributed by atoms with Crippen LogP contribution in [0.4, 0.5) is 0 Å². The van der Waals surface area contributed by atoms with E-state index < -0.39 is 17.9 Å². The van der Waals surface area contributed by atoms with Crippen molar-refractivity contribution in [3.05, 3.63) is 12.2 Å². The summed E-state index contributed by atoms with van der Waals surface area (Å²) in [5, 5.41) is 12.0. The molecule has 2 N–H and O–H groups in total. The Kier molecular flexibility index (Phi) is 6.81. The summed E-state index contributed by atoms with van der Waals surface area (Å²) in [4.78, 5) is 40.0. The number of aliphatic hydroxyl groups is 1. The second-order valence-electron chi connectivity index (χ2n) is 7.34.